The Morgan fingerprint density at radius 2 is 2.03 bits per heavy atom. The zero-order valence-electron chi connectivity index (χ0n) is 18.6. The van der Waals surface area contributed by atoms with Crippen molar-refractivity contribution in [1.29, 1.82) is 0 Å². The van der Waals surface area contributed by atoms with E-state index in [0.29, 0.717) is 22.6 Å². The van der Waals surface area contributed by atoms with E-state index < -0.39 is 5.91 Å². The van der Waals surface area contributed by atoms with Gasteiger partial charge in [-0.25, -0.2) is 5.43 Å². The first kappa shape index (κ1) is 21.4. The van der Waals surface area contributed by atoms with Gasteiger partial charge in [0.2, 0.25) is 0 Å². The van der Waals surface area contributed by atoms with Gasteiger partial charge >= 0.3 is 5.91 Å². The van der Waals surface area contributed by atoms with Gasteiger partial charge in [0, 0.05) is 27.7 Å². The summed E-state index contributed by atoms with van der Waals surface area (Å²) in [5, 5.41) is 5.52. The number of halogens is 1. The minimum absolute atomic E-state index is 0.112. The molecule has 1 aromatic heterocycles. The van der Waals surface area contributed by atoms with Crippen molar-refractivity contribution in [3.05, 3.63) is 64.4 Å². The van der Waals surface area contributed by atoms with Gasteiger partial charge in [-0.3, -0.25) is 4.79 Å². The molecule has 1 atom stereocenters. The molecular formula is C25H28ClN3O2. The highest BCUT2D eigenvalue weighted by molar-refractivity contribution is 6.31. The smallest absolute Gasteiger partial charge is 0.307 e. The van der Waals surface area contributed by atoms with Crippen LogP contribution in [-0.4, -0.2) is 23.7 Å². The third-order valence-electron chi connectivity index (χ3n) is 5.90. The van der Waals surface area contributed by atoms with Crippen LogP contribution in [0.3, 0.4) is 0 Å². The van der Waals surface area contributed by atoms with Crippen molar-refractivity contribution in [3.63, 3.8) is 0 Å². The van der Waals surface area contributed by atoms with Gasteiger partial charge in [0.25, 0.3) is 0 Å². The molecule has 0 fully saturated rings. The minimum Gasteiger partial charge on any atom is -0.451 e. The number of anilines is 1. The molecule has 0 saturated carbocycles. The second-order valence-electron chi connectivity index (χ2n) is 9.19. The largest absolute Gasteiger partial charge is 0.451 e. The Labute approximate surface area is 188 Å². The van der Waals surface area contributed by atoms with Crippen molar-refractivity contribution >= 4 is 40.4 Å². The lowest BCUT2D eigenvalue weighted by molar-refractivity contribution is 0.0929. The molecule has 4 rings (SSSR count). The Morgan fingerprint density at radius 3 is 2.77 bits per heavy atom. The van der Waals surface area contributed by atoms with E-state index in [2.05, 4.69) is 62.2 Å². The first-order valence-electron chi connectivity index (χ1n) is 10.6. The number of fused-ring (bicyclic) bond motifs is 2. The van der Waals surface area contributed by atoms with E-state index in [1.54, 1.807) is 30.5 Å². The summed E-state index contributed by atoms with van der Waals surface area (Å²) in [7, 11) is 0. The molecule has 1 N–H and O–H groups in total. The maximum absolute atomic E-state index is 12.4. The van der Waals surface area contributed by atoms with E-state index in [-0.39, 0.29) is 11.3 Å². The monoisotopic (exact) mass is 437 g/mol. The lowest BCUT2D eigenvalue weighted by Crippen LogP contribution is -2.51. The molecule has 5 nitrogen and oxygen atoms in total. The molecule has 2 aromatic carbocycles. The van der Waals surface area contributed by atoms with Crippen molar-refractivity contribution in [2.75, 3.05) is 4.90 Å². The predicted molar refractivity (Wildman–Crippen MR) is 127 cm³/mol. The average Bonchev–Trinajstić information content (AvgIpc) is 3.10. The molecule has 3 aromatic rings. The van der Waals surface area contributed by atoms with Crippen LogP contribution in [0.4, 0.5) is 5.69 Å². The van der Waals surface area contributed by atoms with Crippen molar-refractivity contribution in [1.82, 2.24) is 5.43 Å². The Balaban J connectivity index is 1.52. The van der Waals surface area contributed by atoms with E-state index in [0.717, 1.165) is 17.4 Å². The molecule has 1 amide bonds. The molecule has 1 aliphatic heterocycles. The standard InChI is InChI=1S/C25H28ClN3O2/c1-15(2)29-21-8-6-17(10-20(21)16(3)13-25(29,4)5)14-27-28-24(30)23-12-18-11-19(26)7-9-22(18)31-23/h6-12,14-16H,13H2,1-5H3,(H,28,30)/b27-14+. The summed E-state index contributed by atoms with van der Waals surface area (Å²) in [6.45, 7) is 11.4. The summed E-state index contributed by atoms with van der Waals surface area (Å²) >= 11 is 5.99. The van der Waals surface area contributed by atoms with Gasteiger partial charge in [0.15, 0.2) is 5.76 Å². The van der Waals surface area contributed by atoms with Crippen molar-refractivity contribution < 1.29 is 9.21 Å². The fourth-order valence-electron chi connectivity index (χ4n) is 4.87. The second kappa shape index (κ2) is 8.04. The van der Waals surface area contributed by atoms with Gasteiger partial charge < -0.3 is 9.32 Å². The first-order valence-corrected chi connectivity index (χ1v) is 11.0. The molecule has 2 heterocycles. The number of carbonyl (C=O) groups is 1. The maximum atomic E-state index is 12.4. The predicted octanol–water partition coefficient (Wildman–Crippen LogP) is 6.35. The third-order valence-corrected chi connectivity index (χ3v) is 6.13. The van der Waals surface area contributed by atoms with Gasteiger partial charge in [0.05, 0.1) is 6.21 Å². The Hall–Kier alpha value is -2.79. The van der Waals surface area contributed by atoms with Gasteiger partial charge in [-0.15, -0.1) is 0 Å². The number of amides is 1. The van der Waals surface area contributed by atoms with Crippen LogP contribution in [0.2, 0.25) is 5.02 Å². The maximum Gasteiger partial charge on any atom is 0.307 e. The highest BCUT2D eigenvalue weighted by Gasteiger charge is 2.37. The number of furan rings is 1. The summed E-state index contributed by atoms with van der Waals surface area (Å²) in [4.78, 5) is 14.9. The van der Waals surface area contributed by atoms with Gasteiger partial charge in [-0.2, -0.15) is 5.10 Å². The van der Waals surface area contributed by atoms with Crippen molar-refractivity contribution in [2.24, 2.45) is 5.10 Å². The van der Waals surface area contributed by atoms with Crippen LogP contribution >= 0.6 is 11.6 Å². The molecule has 0 radical (unpaired) electrons. The number of carbonyl (C=O) groups excluding carboxylic acids is 1. The zero-order valence-corrected chi connectivity index (χ0v) is 19.3. The average molecular weight is 438 g/mol. The van der Waals surface area contributed by atoms with E-state index in [1.807, 2.05) is 6.07 Å². The topological polar surface area (TPSA) is 57.8 Å². The molecule has 0 spiro atoms. The highest BCUT2D eigenvalue weighted by atomic mass is 35.5. The third kappa shape index (κ3) is 4.19. The minimum atomic E-state index is -0.400. The van der Waals surface area contributed by atoms with Crippen molar-refractivity contribution in [3.8, 4) is 0 Å². The SMILES string of the molecule is CC1CC(C)(C)N(C(C)C)c2ccc(/C=N/NC(=O)c3cc4cc(Cl)ccc4o3)cc21. The Bertz CT molecular complexity index is 1160. The summed E-state index contributed by atoms with van der Waals surface area (Å²) in [5.41, 5.74) is 6.82. The molecule has 0 saturated heterocycles. The molecule has 0 aliphatic carbocycles. The quantitative estimate of drug-likeness (QED) is 0.382. The normalized spacial score (nSPS) is 18.0. The van der Waals surface area contributed by atoms with Crippen LogP contribution in [0.15, 0.2) is 52.0 Å². The lowest BCUT2D eigenvalue weighted by Gasteiger charge is -2.50. The lowest BCUT2D eigenvalue weighted by atomic mass is 9.79. The summed E-state index contributed by atoms with van der Waals surface area (Å²) < 4.78 is 5.58. The summed E-state index contributed by atoms with van der Waals surface area (Å²) in [5.74, 6) is 0.247. The van der Waals surface area contributed by atoms with E-state index in [9.17, 15) is 4.79 Å². The number of nitrogens with zero attached hydrogens (tertiary/aromatic N) is 2. The van der Waals surface area contributed by atoms with Crippen LogP contribution < -0.4 is 10.3 Å². The van der Waals surface area contributed by atoms with Gasteiger partial charge in [-0.05, 0) is 87.6 Å². The number of nitrogens with one attached hydrogen (secondary N) is 1. The fourth-order valence-corrected chi connectivity index (χ4v) is 5.06. The van der Waals surface area contributed by atoms with Crippen LogP contribution in [-0.2, 0) is 0 Å². The summed E-state index contributed by atoms with van der Waals surface area (Å²) in [6.07, 6.45) is 2.76. The van der Waals surface area contributed by atoms with Gasteiger partial charge in [-0.1, -0.05) is 24.6 Å². The van der Waals surface area contributed by atoms with Crippen LogP contribution in [0.25, 0.3) is 11.0 Å². The van der Waals surface area contributed by atoms with Crippen LogP contribution in [0.5, 0.6) is 0 Å². The Morgan fingerprint density at radius 1 is 1.26 bits per heavy atom. The van der Waals surface area contributed by atoms with Crippen molar-refractivity contribution in [2.45, 2.75) is 58.5 Å². The second-order valence-corrected chi connectivity index (χ2v) is 9.63. The summed E-state index contributed by atoms with van der Waals surface area (Å²) in [6, 6.07) is 13.7. The van der Waals surface area contributed by atoms with Crippen LogP contribution in [0, 0.1) is 0 Å². The Kier molecular flexibility index (Phi) is 5.56. The molecule has 0 bridgehead atoms. The number of rotatable bonds is 4. The molecule has 6 heteroatoms. The van der Waals surface area contributed by atoms with E-state index in [1.165, 1.54) is 11.3 Å². The number of benzene rings is 2. The first-order chi connectivity index (χ1) is 14.7. The molecule has 162 valence electrons. The van der Waals surface area contributed by atoms with Crippen LogP contribution in [0.1, 0.15) is 68.6 Å². The number of hydrazone groups is 1. The molecule has 1 aliphatic rings. The zero-order chi connectivity index (χ0) is 22.3. The number of hydrogen-bond donors (Lipinski definition) is 1. The molecule has 1 unspecified atom stereocenters. The fraction of sp³-hybridized carbons (Fsp3) is 0.360. The molecular weight excluding hydrogens is 410 g/mol. The van der Waals surface area contributed by atoms with E-state index >= 15 is 0 Å². The van der Waals surface area contributed by atoms with E-state index in [4.69, 9.17) is 16.0 Å². The van der Waals surface area contributed by atoms with Gasteiger partial charge in [0.1, 0.15) is 5.58 Å². The highest BCUT2D eigenvalue weighted by Crippen LogP contribution is 2.44. The molecule has 31 heavy (non-hydrogen) atoms. The number of hydrogen-bond acceptors (Lipinski definition) is 4.